The summed E-state index contributed by atoms with van der Waals surface area (Å²) in [6.45, 7) is 3.27. The Hall–Kier alpha value is -1.24. The van der Waals surface area contributed by atoms with Crippen LogP contribution in [0.4, 0.5) is 5.95 Å². The Morgan fingerprint density at radius 2 is 1.94 bits per heavy atom. The van der Waals surface area contributed by atoms with Gasteiger partial charge < -0.3 is 19.5 Å². The summed E-state index contributed by atoms with van der Waals surface area (Å²) in [5.41, 5.74) is 1.56. The van der Waals surface area contributed by atoms with E-state index in [1.54, 1.807) is 20.4 Å². The number of nitrogens with zero attached hydrogens (tertiary/aromatic N) is 3. The van der Waals surface area contributed by atoms with Crippen LogP contribution in [0.15, 0.2) is 6.20 Å². The van der Waals surface area contributed by atoms with E-state index in [2.05, 4.69) is 9.97 Å². The largest absolute Gasteiger partial charge is 0.392 e. The Bertz CT molecular complexity index is 402. The zero-order chi connectivity index (χ0) is 13.1. The number of rotatable bonds is 4. The summed E-state index contributed by atoms with van der Waals surface area (Å²) >= 11 is 0. The molecule has 0 amide bonds. The number of aliphatic hydroxyl groups excluding tert-OH is 1. The molecule has 1 saturated heterocycles. The smallest absolute Gasteiger partial charge is 0.225 e. The summed E-state index contributed by atoms with van der Waals surface area (Å²) in [6, 6.07) is 0. The predicted octanol–water partition coefficient (Wildman–Crippen LogP) is 0.127. The van der Waals surface area contributed by atoms with Gasteiger partial charge in [0, 0.05) is 44.8 Å². The first-order chi connectivity index (χ1) is 8.69. The van der Waals surface area contributed by atoms with Gasteiger partial charge in [-0.05, 0) is 6.92 Å². The molecule has 1 aliphatic heterocycles. The van der Waals surface area contributed by atoms with Gasteiger partial charge in [-0.2, -0.15) is 0 Å². The Morgan fingerprint density at radius 1 is 1.33 bits per heavy atom. The maximum absolute atomic E-state index is 9.10. The van der Waals surface area contributed by atoms with Gasteiger partial charge in [0.1, 0.15) is 12.2 Å². The molecule has 1 aromatic heterocycles. The second-order valence-corrected chi connectivity index (χ2v) is 4.39. The molecular formula is C12H19N3O3. The Labute approximate surface area is 107 Å². The zero-order valence-electron chi connectivity index (χ0n) is 11.0. The molecule has 6 heteroatoms. The minimum atomic E-state index is -0.0342. The number of aryl methyl sites for hydroxylation is 1. The van der Waals surface area contributed by atoms with Crippen molar-refractivity contribution in [2.75, 3.05) is 32.2 Å². The van der Waals surface area contributed by atoms with Gasteiger partial charge in [-0.25, -0.2) is 9.97 Å². The zero-order valence-corrected chi connectivity index (χ0v) is 11.0. The fourth-order valence-electron chi connectivity index (χ4n) is 2.15. The highest BCUT2D eigenvalue weighted by Crippen LogP contribution is 2.21. The topological polar surface area (TPSA) is 67.7 Å². The normalized spacial score (nSPS) is 23.7. The first-order valence-electron chi connectivity index (χ1n) is 5.93. The van der Waals surface area contributed by atoms with Crippen LogP contribution in [0.3, 0.4) is 0 Å². The number of hydrogen-bond acceptors (Lipinski definition) is 6. The van der Waals surface area contributed by atoms with E-state index < -0.39 is 0 Å². The van der Waals surface area contributed by atoms with Crippen molar-refractivity contribution in [1.29, 1.82) is 0 Å². The third-order valence-electron chi connectivity index (χ3n) is 3.34. The van der Waals surface area contributed by atoms with Crippen LogP contribution < -0.4 is 4.90 Å². The molecule has 0 radical (unpaired) electrons. The molecule has 0 aliphatic carbocycles. The molecule has 0 aromatic carbocycles. The van der Waals surface area contributed by atoms with Gasteiger partial charge in [0.25, 0.3) is 0 Å². The minimum Gasteiger partial charge on any atom is -0.392 e. The van der Waals surface area contributed by atoms with Crippen molar-refractivity contribution >= 4 is 5.95 Å². The van der Waals surface area contributed by atoms with Crippen LogP contribution >= 0.6 is 0 Å². The SMILES string of the molecule is COC1CN(c2ncc(CO)c(C)n2)CC1OC. The highest BCUT2D eigenvalue weighted by Gasteiger charge is 2.34. The van der Waals surface area contributed by atoms with Gasteiger partial charge in [0.15, 0.2) is 0 Å². The second kappa shape index (κ2) is 5.60. The Balaban J connectivity index is 2.15. The fourth-order valence-corrected chi connectivity index (χ4v) is 2.15. The molecule has 18 heavy (non-hydrogen) atoms. The van der Waals surface area contributed by atoms with Crippen LogP contribution in [0.25, 0.3) is 0 Å². The number of hydrogen-bond donors (Lipinski definition) is 1. The van der Waals surface area contributed by atoms with E-state index in [0.717, 1.165) is 11.3 Å². The first kappa shape index (κ1) is 13.2. The van der Waals surface area contributed by atoms with Crippen molar-refractivity contribution in [1.82, 2.24) is 9.97 Å². The number of methoxy groups -OCH3 is 2. The third kappa shape index (κ3) is 2.45. The van der Waals surface area contributed by atoms with E-state index in [-0.39, 0.29) is 18.8 Å². The van der Waals surface area contributed by atoms with Crippen molar-refractivity contribution in [3.8, 4) is 0 Å². The summed E-state index contributed by atoms with van der Waals surface area (Å²) in [5, 5.41) is 9.10. The lowest BCUT2D eigenvalue weighted by Crippen LogP contribution is -2.27. The van der Waals surface area contributed by atoms with Gasteiger partial charge in [-0.1, -0.05) is 0 Å². The molecule has 2 heterocycles. The molecule has 0 saturated carbocycles. The van der Waals surface area contributed by atoms with E-state index in [1.807, 2.05) is 11.8 Å². The molecule has 100 valence electrons. The van der Waals surface area contributed by atoms with E-state index in [0.29, 0.717) is 19.0 Å². The molecule has 1 fully saturated rings. The maximum atomic E-state index is 9.10. The molecule has 1 aliphatic rings. The van der Waals surface area contributed by atoms with Crippen molar-refractivity contribution in [3.05, 3.63) is 17.5 Å². The molecule has 1 aromatic rings. The van der Waals surface area contributed by atoms with Crippen LogP contribution in [0.5, 0.6) is 0 Å². The lowest BCUT2D eigenvalue weighted by atomic mass is 10.2. The van der Waals surface area contributed by atoms with Gasteiger partial charge in [-0.15, -0.1) is 0 Å². The monoisotopic (exact) mass is 253 g/mol. The highest BCUT2D eigenvalue weighted by molar-refractivity contribution is 5.35. The van der Waals surface area contributed by atoms with Crippen LogP contribution in [-0.2, 0) is 16.1 Å². The van der Waals surface area contributed by atoms with Crippen molar-refractivity contribution in [2.45, 2.75) is 25.7 Å². The molecule has 2 rings (SSSR count). The van der Waals surface area contributed by atoms with Crippen LogP contribution in [0, 0.1) is 6.92 Å². The Kier molecular flexibility index (Phi) is 4.11. The second-order valence-electron chi connectivity index (χ2n) is 4.39. The van der Waals surface area contributed by atoms with E-state index in [1.165, 1.54) is 0 Å². The van der Waals surface area contributed by atoms with Crippen LogP contribution in [0.1, 0.15) is 11.3 Å². The van der Waals surface area contributed by atoms with Crippen LogP contribution in [-0.4, -0.2) is 54.6 Å². The van der Waals surface area contributed by atoms with Gasteiger partial charge in [-0.3, -0.25) is 0 Å². The molecule has 1 N–H and O–H groups in total. The average molecular weight is 253 g/mol. The predicted molar refractivity (Wildman–Crippen MR) is 66.5 cm³/mol. The number of anilines is 1. The number of aliphatic hydroxyl groups is 1. The van der Waals surface area contributed by atoms with Crippen LogP contribution in [0.2, 0.25) is 0 Å². The first-order valence-corrected chi connectivity index (χ1v) is 5.93. The van der Waals surface area contributed by atoms with E-state index in [4.69, 9.17) is 14.6 Å². The molecule has 6 nitrogen and oxygen atoms in total. The van der Waals surface area contributed by atoms with Gasteiger partial charge in [0.05, 0.1) is 6.61 Å². The minimum absolute atomic E-state index is 0.0342. The molecule has 0 bridgehead atoms. The van der Waals surface area contributed by atoms with Gasteiger partial charge >= 0.3 is 0 Å². The highest BCUT2D eigenvalue weighted by atomic mass is 16.5. The quantitative estimate of drug-likeness (QED) is 0.822. The summed E-state index contributed by atoms with van der Waals surface area (Å²) < 4.78 is 10.8. The lowest BCUT2D eigenvalue weighted by molar-refractivity contribution is -0.00461. The summed E-state index contributed by atoms with van der Waals surface area (Å²) in [4.78, 5) is 10.7. The van der Waals surface area contributed by atoms with E-state index in [9.17, 15) is 0 Å². The van der Waals surface area contributed by atoms with Gasteiger partial charge in [0.2, 0.25) is 5.95 Å². The maximum Gasteiger partial charge on any atom is 0.225 e. The fraction of sp³-hybridized carbons (Fsp3) is 0.667. The third-order valence-corrected chi connectivity index (χ3v) is 3.34. The number of ether oxygens (including phenoxy) is 2. The standard InChI is InChI=1S/C12H19N3O3/c1-8-9(7-16)4-13-12(14-8)15-5-10(17-2)11(6-15)18-3/h4,10-11,16H,5-7H2,1-3H3. The van der Waals surface area contributed by atoms with E-state index >= 15 is 0 Å². The molecule has 0 spiro atoms. The molecule has 2 atom stereocenters. The number of aromatic nitrogens is 2. The molecular weight excluding hydrogens is 234 g/mol. The van der Waals surface area contributed by atoms with Crippen molar-refractivity contribution in [2.24, 2.45) is 0 Å². The average Bonchev–Trinajstić information content (AvgIpc) is 2.81. The lowest BCUT2D eigenvalue weighted by Gasteiger charge is -2.16. The Morgan fingerprint density at radius 3 is 2.39 bits per heavy atom. The summed E-state index contributed by atoms with van der Waals surface area (Å²) in [7, 11) is 3.36. The van der Waals surface area contributed by atoms with Crippen molar-refractivity contribution < 1.29 is 14.6 Å². The van der Waals surface area contributed by atoms with Crippen molar-refractivity contribution in [3.63, 3.8) is 0 Å². The summed E-state index contributed by atoms with van der Waals surface area (Å²) in [6.07, 6.45) is 1.74. The molecule has 2 unspecified atom stereocenters. The summed E-state index contributed by atoms with van der Waals surface area (Å²) in [5.74, 6) is 0.659.